The van der Waals surface area contributed by atoms with Gasteiger partial charge >= 0.3 is 0 Å². The molecular weight excluding hydrogens is 181 g/mol. The number of hydrogen-bond donors (Lipinski definition) is 2. The fraction of sp³-hybridized carbons (Fsp3) is 0.700. The summed E-state index contributed by atoms with van der Waals surface area (Å²) < 4.78 is 13.3. The van der Waals surface area contributed by atoms with Gasteiger partial charge in [0, 0.05) is 0 Å². The van der Waals surface area contributed by atoms with Gasteiger partial charge in [-0.3, -0.25) is 5.10 Å². The standard InChI is InChI=1S/C10H14FN3/c11-9-8(13-14-10(9)12)4-6-3-7(6)5-1-2-5/h5-7H,1-4H2,(H3,12,13,14). The lowest BCUT2D eigenvalue weighted by atomic mass is 10.1. The molecule has 0 radical (unpaired) electrons. The molecule has 2 saturated carbocycles. The van der Waals surface area contributed by atoms with Gasteiger partial charge in [-0.05, 0) is 43.4 Å². The van der Waals surface area contributed by atoms with Crippen molar-refractivity contribution < 1.29 is 4.39 Å². The van der Waals surface area contributed by atoms with Crippen molar-refractivity contribution in [2.45, 2.75) is 25.7 Å². The minimum Gasteiger partial charge on any atom is -0.380 e. The third-order valence-electron chi connectivity index (χ3n) is 3.47. The Hall–Kier alpha value is -1.06. The summed E-state index contributed by atoms with van der Waals surface area (Å²) in [5.74, 6) is 2.15. The maximum Gasteiger partial charge on any atom is 0.187 e. The predicted octanol–water partition coefficient (Wildman–Crippen LogP) is 1.72. The smallest absolute Gasteiger partial charge is 0.187 e. The second-order valence-corrected chi connectivity index (χ2v) is 4.60. The van der Waals surface area contributed by atoms with E-state index in [0.717, 1.165) is 18.3 Å². The molecule has 1 heterocycles. The van der Waals surface area contributed by atoms with Crippen molar-refractivity contribution in [1.29, 1.82) is 0 Å². The fourth-order valence-corrected chi connectivity index (χ4v) is 2.39. The average Bonchev–Trinajstić information content (AvgIpc) is 3.00. The van der Waals surface area contributed by atoms with Crippen molar-refractivity contribution in [1.82, 2.24) is 10.2 Å². The van der Waals surface area contributed by atoms with Crippen molar-refractivity contribution in [3.63, 3.8) is 0 Å². The Morgan fingerprint density at radius 2 is 2.29 bits per heavy atom. The van der Waals surface area contributed by atoms with Crippen LogP contribution in [0.25, 0.3) is 0 Å². The van der Waals surface area contributed by atoms with E-state index < -0.39 is 0 Å². The van der Waals surface area contributed by atoms with Crippen LogP contribution >= 0.6 is 0 Å². The molecule has 14 heavy (non-hydrogen) atoms. The van der Waals surface area contributed by atoms with Crippen molar-refractivity contribution in [2.75, 3.05) is 5.73 Å². The second-order valence-electron chi connectivity index (χ2n) is 4.60. The van der Waals surface area contributed by atoms with Crippen LogP contribution in [0.3, 0.4) is 0 Å². The maximum absolute atomic E-state index is 13.3. The lowest BCUT2D eigenvalue weighted by Crippen LogP contribution is -1.95. The van der Waals surface area contributed by atoms with Gasteiger partial charge in [0.25, 0.3) is 0 Å². The quantitative estimate of drug-likeness (QED) is 0.771. The third kappa shape index (κ3) is 1.29. The van der Waals surface area contributed by atoms with E-state index in [4.69, 9.17) is 5.73 Å². The minimum atomic E-state index is -0.341. The van der Waals surface area contributed by atoms with Gasteiger partial charge in [0.15, 0.2) is 11.6 Å². The average molecular weight is 195 g/mol. The highest BCUT2D eigenvalue weighted by molar-refractivity contribution is 5.32. The second kappa shape index (κ2) is 2.72. The van der Waals surface area contributed by atoms with Gasteiger partial charge in [-0.15, -0.1) is 0 Å². The van der Waals surface area contributed by atoms with Crippen LogP contribution in [0, 0.1) is 23.6 Å². The van der Waals surface area contributed by atoms with E-state index >= 15 is 0 Å². The monoisotopic (exact) mass is 195 g/mol. The van der Waals surface area contributed by atoms with Gasteiger partial charge in [0.2, 0.25) is 0 Å². The Balaban J connectivity index is 1.65. The van der Waals surface area contributed by atoms with Crippen LogP contribution in [0.5, 0.6) is 0 Å². The lowest BCUT2D eigenvalue weighted by Gasteiger charge is -1.96. The number of nitrogens with zero attached hydrogens (tertiary/aromatic N) is 1. The summed E-state index contributed by atoms with van der Waals surface area (Å²) in [6, 6.07) is 0. The zero-order chi connectivity index (χ0) is 9.71. The summed E-state index contributed by atoms with van der Waals surface area (Å²) in [5.41, 5.74) is 5.92. The number of aromatic amines is 1. The Morgan fingerprint density at radius 3 is 2.86 bits per heavy atom. The van der Waals surface area contributed by atoms with Crippen LogP contribution in [0.4, 0.5) is 10.2 Å². The van der Waals surface area contributed by atoms with Gasteiger partial charge in [-0.25, -0.2) is 4.39 Å². The first-order valence-electron chi connectivity index (χ1n) is 5.24. The molecule has 76 valence electrons. The Kier molecular flexibility index (Phi) is 1.60. The van der Waals surface area contributed by atoms with Crippen LogP contribution < -0.4 is 5.73 Å². The summed E-state index contributed by atoms with van der Waals surface area (Å²) >= 11 is 0. The molecule has 0 bridgehead atoms. The van der Waals surface area contributed by atoms with Crippen molar-refractivity contribution in [3.8, 4) is 0 Å². The number of rotatable bonds is 3. The molecule has 3 nitrogen and oxygen atoms in total. The van der Waals surface area contributed by atoms with E-state index in [0.29, 0.717) is 11.6 Å². The number of H-pyrrole nitrogens is 1. The predicted molar refractivity (Wildman–Crippen MR) is 51.0 cm³/mol. The molecule has 1 aromatic heterocycles. The topological polar surface area (TPSA) is 54.7 Å². The minimum absolute atomic E-state index is 0.00335. The van der Waals surface area contributed by atoms with Crippen molar-refractivity contribution >= 4 is 5.82 Å². The van der Waals surface area contributed by atoms with Crippen LogP contribution in [0.15, 0.2) is 0 Å². The van der Waals surface area contributed by atoms with Gasteiger partial charge in [-0.2, -0.15) is 5.10 Å². The molecule has 2 aliphatic rings. The van der Waals surface area contributed by atoms with E-state index in [1.165, 1.54) is 19.3 Å². The molecule has 0 spiro atoms. The van der Waals surface area contributed by atoms with E-state index in [-0.39, 0.29) is 11.6 Å². The number of nitrogens with two attached hydrogens (primary N) is 1. The van der Waals surface area contributed by atoms with Crippen molar-refractivity contribution in [2.24, 2.45) is 17.8 Å². The summed E-state index contributed by atoms with van der Waals surface area (Å²) in [4.78, 5) is 0. The van der Waals surface area contributed by atoms with Crippen LogP contribution in [0.1, 0.15) is 25.0 Å². The zero-order valence-electron chi connectivity index (χ0n) is 7.96. The molecule has 0 aliphatic heterocycles. The highest BCUT2D eigenvalue weighted by atomic mass is 19.1. The number of nitrogen functional groups attached to an aromatic ring is 1. The Morgan fingerprint density at radius 1 is 1.50 bits per heavy atom. The molecule has 0 aromatic carbocycles. The first-order valence-corrected chi connectivity index (χ1v) is 5.24. The molecule has 2 unspecified atom stereocenters. The molecule has 2 aliphatic carbocycles. The molecule has 2 fully saturated rings. The molecule has 0 saturated heterocycles. The molecule has 1 aromatic rings. The number of anilines is 1. The summed E-state index contributed by atoms with van der Waals surface area (Å²) in [7, 11) is 0. The van der Waals surface area contributed by atoms with E-state index in [9.17, 15) is 4.39 Å². The number of aromatic nitrogens is 2. The van der Waals surface area contributed by atoms with Crippen LogP contribution in [-0.4, -0.2) is 10.2 Å². The molecule has 4 heteroatoms. The highest BCUT2D eigenvalue weighted by Gasteiger charge is 2.47. The van der Waals surface area contributed by atoms with Gasteiger partial charge in [0.05, 0.1) is 5.69 Å². The lowest BCUT2D eigenvalue weighted by molar-refractivity contribution is 0.579. The number of nitrogens with one attached hydrogen (secondary N) is 1. The fourth-order valence-electron chi connectivity index (χ4n) is 2.39. The van der Waals surface area contributed by atoms with E-state index in [2.05, 4.69) is 10.2 Å². The van der Waals surface area contributed by atoms with Gasteiger partial charge < -0.3 is 5.73 Å². The molecule has 3 N–H and O–H groups in total. The SMILES string of the molecule is Nc1n[nH]c(CC2CC2C2CC2)c1F. The normalized spacial score (nSPS) is 30.6. The first-order chi connectivity index (χ1) is 6.75. The van der Waals surface area contributed by atoms with Gasteiger partial charge in [0.1, 0.15) is 0 Å². The summed E-state index contributed by atoms with van der Waals surface area (Å²) in [5, 5.41) is 6.34. The molecular formula is C10H14FN3. The van der Waals surface area contributed by atoms with Crippen LogP contribution in [0.2, 0.25) is 0 Å². The van der Waals surface area contributed by atoms with E-state index in [1.54, 1.807) is 0 Å². The number of hydrogen-bond acceptors (Lipinski definition) is 2. The summed E-state index contributed by atoms with van der Waals surface area (Å²) in [6.45, 7) is 0. The Labute approximate surface area is 81.9 Å². The molecule has 3 rings (SSSR count). The third-order valence-corrected chi connectivity index (χ3v) is 3.47. The largest absolute Gasteiger partial charge is 0.380 e. The van der Waals surface area contributed by atoms with Gasteiger partial charge in [-0.1, -0.05) is 0 Å². The van der Waals surface area contributed by atoms with E-state index in [1.807, 2.05) is 0 Å². The number of halogens is 1. The Bertz CT molecular complexity index is 356. The van der Waals surface area contributed by atoms with Crippen molar-refractivity contribution in [3.05, 3.63) is 11.5 Å². The maximum atomic E-state index is 13.3. The molecule has 2 atom stereocenters. The summed E-state index contributed by atoms with van der Waals surface area (Å²) in [6.07, 6.45) is 4.82. The highest BCUT2D eigenvalue weighted by Crippen LogP contribution is 2.55. The van der Waals surface area contributed by atoms with Crippen LogP contribution in [-0.2, 0) is 6.42 Å². The zero-order valence-corrected chi connectivity index (χ0v) is 7.96. The first kappa shape index (κ1) is 8.26. The molecule has 0 amide bonds.